The van der Waals surface area contributed by atoms with Crippen LogP contribution in [0, 0.1) is 0 Å². The molecule has 9 nitrogen and oxygen atoms in total. The van der Waals surface area contributed by atoms with E-state index >= 15 is 0 Å². The summed E-state index contributed by atoms with van der Waals surface area (Å²) in [6.45, 7) is 8.20. The van der Waals surface area contributed by atoms with Crippen LogP contribution in [0.3, 0.4) is 0 Å². The number of ether oxygens (including phenoxy) is 1. The van der Waals surface area contributed by atoms with E-state index in [9.17, 15) is 27.6 Å². The predicted molar refractivity (Wildman–Crippen MR) is 111 cm³/mol. The second kappa shape index (κ2) is 13.0. The van der Waals surface area contributed by atoms with E-state index in [1.165, 1.54) is 11.5 Å². The van der Waals surface area contributed by atoms with Crippen molar-refractivity contribution < 1.29 is 32.3 Å². The van der Waals surface area contributed by atoms with Gasteiger partial charge in [0, 0.05) is 37.9 Å². The van der Waals surface area contributed by atoms with E-state index < -0.39 is 18.3 Å². The number of aromatic nitrogens is 1. The Labute approximate surface area is 185 Å². The lowest BCUT2D eigenvalue weighted by Gasteiger charge is -2.39. The van der Waals surface area contributed by atoms with E-state index in [0.717, 1.165) is 26.2 Å². The summed E-state index contributed by atoms with van der Waals surface area (Å²) in [6.07, 6.45) is -1.24. The van der Waals surface area contributed by atoms with Gasteiger partial charge in [0.15, 0.2) is 5.78 Å². The van der Waals surface area contributed by atoms with Crippen LogP contribution in [0.15, 0.2) is 18.5 Å². The van der Waals surface area contributed by atoms with Crippen molar-refractivity contribution in [1.29, 1.82) is 0 Å². The standard InChI is InChI=1S/C17H26N4O3.C3H4F3NO/c1-4-24-14-9-13(10-19-11-14)15(22)12-20-16(23)17(2,3)21-7-5-18-6-8-21;4-3(5,6)1-7-2-8/h9-11,18H,4-8,12H2,1-3H3,(H,20,23);2H,1H2,(H,7,8). The van der Waals surface area contributed by atoms with Gasteiger partial charge in [-0.2, -0.15) is 13.2 Å². The lowest BCUT2D eigenvalue weighted by atomic mass is 10.0. The van der Waals surface area contributed by atoms with Crippen LogP contribution >= 0.6 is 0 Å². The maximum atomic E-state index is 12.5. The smallest absolute Gasteiger partial charge is 0.405 e. The van der Waals surface area contributed by atoms with Gasteiger partial charge in [-0.1, -0.05) is 0 Å². The van der Waals surface area contributed by atoms with Crippen molar-refractivity contribution in [2.45, 2.75) is 32.5 Å². The summed E-state index contributed by atoms with van der Waals surface area (Å²) >= 11 is 0. The molecule has 1 saturated heterocycles. The number of halogens is 3. The van der Waals surface area contributed by atoms with E-state index in [-0.39, 0.29) is 24.6 Å². The zero-order chi connectivity index (χ0) is 24.2. The van der Waals surface area contributed by atoms with Crippen LogP contribution in [0.1, 0.15) is 31.1 Å². The third kappa shape index (κ3) is 9.60. The van der Waals surface area contributed by atoms with Crippen LogP contribution < -0.4 is 20.7 Å². The lowest BCUT2D eigenvalue weighted by molar-refractivity contribution is -0.132. The summed E-state index contributed by atoms with van der Waals surface area (Å²) in [4.78, 5) is 40.1. The van der Waals surface area contributed by atoms with Crippen molar-refractivity contribution in [2.75, 3.05) is 45.9 Å². The number of pyridine rings is 1. The van der Waals surface area contributed by atoms with Crippen LogP contribution in [-0.2, 0) is 9.59 Å². The molecule has 0 radical (unpaired) electrons. The van der Waals surface area contributed by atoms with Gasteiger partial charge in [-0.25, -0.2) is 0 Å². The topological polar surface area (TPSA) is 113 Å². The molecular formula is C20H30F3N5O4. The summed E-state index contributed by atoms with van der Waals surface area (Å²) in [5.41, 5.74) is -0.213. The van der Waals surface area contributed by atoms with E-state index in [2.05, 4.69) is 20.5 Å². The third-order valence-electron chi connectivity index (χ3n) is 4.60. The first kappa shape index (κ1) is 27.3. The molecule has 1 fully saturated rings. The highest BCUT2D eigenvalue weighted by Crippen LogP contribution is 2.16. The average Bonchev–Trinajstić information content (AvgIpc) is 2.76. The van der Waals surface area contributed by atoms with Gasteiger partial charge in [-0.3, -0.25) is 24.3 Å². The number of Topliss-reactive ketones (excluding diaryl/α,β-unsaturated/α-hetero) is 1. The summed E-state index contributed by atoms with van der Waals surface area (Å²) < 4.78 is 38.4. The number of ketones is 1. The first-order valence-corrected chi connectivity index (χ1v) is 10.1. The van der Waals surface area contributed by atoms with Crippen molar-refractivity contribution >= 4 is 18.1 Å². The van der Waals surface area contributed by atoms with Crippen LogP contribution in [0.5, 0.6) is 5.75 Å². The molecule has 1 aromatic rings. The van der Waals surface area contributed by atoms with E-state index in [1.54, 1.807) is 12.3 Å². The SMILES string of the molecule is CCOc1cncc(C(=O)CNC(=O)C(C)(C)N2CCNCC2)c1.O=CNCC(F)(F)F. The monoisotopic (exact) mass is 461 g/mol. The molecule has 3 N–H and O–H groups in total. The molecule has 0 saturated carbocycles. The van der Waals surface area contributed by atoms with Crippen LogP contribution in [-0.4, -0.2) is 85.6 Å². The number of alkyl halides is 3. The highest BCUT2D eigenvalue weighted by Gasteiger charge is 2.35. The molecule has 2 rings (SSSR count). The second-order valence-electron chi connectivity index (χ2n) is 7.36. The largest absolute Gasteiger partial charge is 0.492 e. The number of nitrogens with one attached hydrogen (secondary N) is 3. The van der Waals surface area contributed by atoms with E-state index in [1.807, 2.05) is 20.8 Å². The zero-order valence-corrected chi connectivity index (χ0v) is 18.4. The molecule has 0 bridgehead atoms. The summed E-state index contributed by atoms with van der Waals surface area (Å²) in [6, 6.07) is 1.65. The van der Waals surface area contributed by atoms with E-state index in [0.29, 0.717) is 17.9 Å². The van der Waals surface area contributed by atoms with E-state index in [4.69, 9.17) is 4.74 Å². The number of hydrogen-bond donors (Lipinski definition) is 3. The first-order chi connectivity index (χ1) is 15.0. The minimum Gasteiger partial charge on any atom is -0.492 e. The maximum Gasteiger partial charge on any atom is 0.405 e. The van der Waals surface area contributed by atoms with Gasteiger partial charge in [0.05, 0.1) is 24.9 Å². The number of amides is 2. The third-order valence-corrected chi connectivity index (χ3v) is 4.60. The molecule has 180 valence electrons. The quantitative estimate of drug-likeness (QED) is 0.368. The molecular weight excluding hydrogens is 431 g/mol. The summed E-state index contributed by atoms with van der Waals surface area (Å²) in [7, 11) is 0. The zero-order valence-electron chi connectivity index (χ0n) is 18.4. The number of carbonyl (C=O) groups excluding carboxylic acids is 3. The molecule has 32 heavy (non-hydrogen) atoms. The van der Waals surface area contributed by atoms with Crippen molar-refractivity contribution in [3.63, 3.8) is 0 Å². The molecule has 0 spiro atoms. The minimum atomic E-state index is -4.29. The Morgan fingerprint density at radius 2 is 1.91 bits per heavy atom. The molecule has 0 aromatic carbocycles. The Balaban J connectivity index is 0.000000547. The van der Waals surface area contributed by atoms with Crippen LogP contribution in [0.2, 0.25) is 0 Å². The van der Waals surface area contributed by atoms with Crippen LogP contribution in [0.4, 0.5) is 13.2 Å². The van der Waals surface area contributed by atoms with Gasteiger partial charge >= 0.3 is 6.18 Å². The fourth-order valence-corrected chi connectivity index (χ4v) is 2.82. The maximum absolute atomic E-state index is 12.5. The predicted octanol–water partition coefficient (Wildman–Crippen LogP) is 0.758. The summed E-state index contributed by atoms with van der Waals surface area (Å²) in [5, 5.41) is 7.50. The highest BCUT2D eigenvalue weighted by molar-refractivity contribution is 6.00. The highest BCUT2D eigenvalue weighted by atomic mass is 19.4. The van der Waals surface area contributed by atoms with Gasteiger partial charge in [-0.05, 0) is 26.8 Å². The van der Waals surface area contributed by atoms with Gasteiger partial charge in [-0.15, -0.1) is 0 Å². The van der Waals surface area contributed by atoms with Crippen molar-refractivity contribution in [3.8, 4) is 5.75 Å². The molecule has 1 aliphatic rings. The number of nitrogens with zero attached hydrogens (tertiary/aromatic N) is 2. The Morgan fingerprint density at radius 3 is 2.44 bits per heavy atom. The lowest BCUT2D eigenvalue weighted by Crippen LogP contribution is -2.60. The fourth-order valence-electron chi connectivity index (χ4n) is 2.82. The van der Waals surface area contributed by atoms with Crippen molar-refractivity contribution in [1.82, 2.24) is 25.8 Å². The number of rotatable bonds is 9. The van der Waals surface area contributed by atoms with Gasteiger partial charge in [0.25, 0.3) is 0 Å². The molecule has 0 aliphatic carbocycles. The minimum absolute atomic E-state index is 0.00743. The Bertz CT molecular complexity index is 753. The van der Waals surface area contributed by atoms with Crippen molar-refractivity contribution in [3.05, 3.63) is 24.0 Å². The van der Waals surface area contributed by atoms with Gasteiger partial charge in [0.2, 0.25) is 12.3 Å². The molecule has 12 heteroatoms. The fraction of sp³-hybridized carbons (Fsp3) is 0.600. The molecule has 1 aromatic heterocycles. The normalized spacial score (nSPS) is 14.6. The Kier molecular flexibility index (Phi) is 11.1. The number of hydrogen-bond acceptors (Lipinski definition) is 7. The Hall–Kier alpha value is -2.73. The molecule has 0 atom stereocenters. The first-order valence-electron chi connectivity index (χ1n) is 10.1. The second-order valence-corrected chi connectivity index (χ2v) is 7.36. The summed E-state index contributed by atoms with van der Waals surface area (Å²) in [5.74, 6) is 0.219. The number of piperazine rings is 1. The molecule has 2 heterocycles. The molecule has 0 unspecified atom stereocenters. The Morgan fingerprint density at radius 1 is 1.25 bits per heavy atom. The molecule has 2 amide bonds. The number of carbonyl (C=O) groups is 3. The van der Waals surface area contributed by atoms with Gasteiger partial charge < -0.3 is 20.7 Å². The van der Waals surface area contributed by atoms with Crippen LogP contribution in [0.25, 0.3) is 0 Å². The van der Waals surface area contributed by atoms with Crippen molar-refractivity contribution in [2.24, 2.45) is 0 Å². The average molecular weight is 461 g/mol. The molecule has 1 aliphatic heterocycles. The van der Waals surface area contributed by atoms with Gasteiger partial charge in [0.1, 0.15) is 12.3 Å².